The third-order valence-corrected chi connectivity index (χ3v) is 4.74. The number of unbranched alkanes of at least 4 members (excludes halogenated alkanes) is 2. The normalized spacial score (nSPS) is 19.3. The minimum Gasteiger partial charge on any atom is -0.494 e. The maximum atomic E-state index is 12.8. The second-order valence-electron chi connectivity index (χ2n) is 6.91. The van der Waals surface area contributed by atoms with Crippen molar-refractivity contribution >= 4 is 18.2 Å². The zero-order valence-electron chi connectivity index (χ0n) is 16.2. The van der Waals surface area contributed by atoms with Crippen molar-refractivity contribution in [3.63, 3.8) is 0 Å². The monoisotopic (exact) mass is 379 g/mol. The van der Waals surface area contributed by atoms with E-state index in [9.17, 15) is 9.59 Å². The first kappa shape index (κ1) is 19.6. The van der Waals surface area contributed by atoms with Crippen molar-refractivity contribution in [2.75, 3.05) is 6.61 Å². The summed E-state index contributed by atoms with van der Waals surface area (Å²) >= 11 is 0. The summed E-state index contributed by atoms with van der Waals surface area (Å²) in [5.41, 5.74) is 0.372. The van der Waals surface area contributed by atoms with Crippen molar-refractivity contribution in [1.29, 1.82) is 0 Å². The first-order chi connectivity index (χ1) is 13.5. The van der Waals surface area contributed by atoms with Crippen LogP contribution in [-0.4, -0.2) is 29.8 Å². The molecule has 2 aromatic rings. The number of carbonyl (C=O) groups is 2. The van der Waals surface area contributed by atoms with Gasteiger partial charge in [-0.25, -0.2) is 4.79 Å². The second-order valence-corrected chi connectivity index (χ2v) is 6.91. The largest absolute Gasteiger partial charge is 0.494 e. The molecule has 146 valence electrons. The van der Waals surface area contributed by atoms with Gasteiger partial charge in [-0.2, -0.15) is 5.10 Å². The quantitative estimate of drug-likeness (QED) is 0.427. The number of ether oxygens (including phenoxy) is 1. The van der Waals surface area contributed by atoms with Gasteiger partial charge >= 0.3 is 6.03 Å². The summed E-state index contributed by atoms with van der Waals surface area (Å²) in [7, 11) is 0. The average Bonchev–Trinajstić information content (AvgIpc) is 2.94. The van der Waals surface area contributed by atoms with E-state index in [2.05, 4.69) is 17.3 Å². The first-order valence-electron chi connectivity index (χ1n) is 9.53. The first-order valence-corrected chi connectivity index (χ1v) is 9.53. The summed E-state index contributed by atoms with van der Waals surface area (Å²) in [6, 6.07) is 16.0. The number of urea groups is 1. The molecule has 0 spiro atoms. The molecule has 0 saturated carbocycles. The van der Waals surface area contributed by atoms with Crippen LogP contribution in [0, 0.1) is 0 Å². The summed E-state index contributed by atoms with van der Waals surface area (Å²) in [6.45, 7) is 4.53. The van der Waals surface area contributed by atoms with E-state index in [-0.39, 0.29) is 0 Å². The van der Waals surface area contributed by atoms with E-state index in [4.69, 9.17) is 4.74 Å². The van der Waals surface area contributed by atoms with Gasteiger partial charge in [-0.3, -0.25) is 4.79 Å². The fourth-order valence-electron chi connectivity index (χ4n) is 3.01. The van der Waals surface area contributed by atoms with Gasteiger partial charge < -0.3 is 10.1 Å². The molecule has 1 N–H and O–H groups in total. The lowest BCUT2D eigenvalue weighted by molar-refractivity contribution is -0.131. The van der Waals surface area contributed by atoms with E-state index >= 15 is 0 Å². The van der Waals surface area contributed by atoms with Gasteiger partial charge in [0.15, 0.2) is 0 Å². The van der Waals surface area contributed by atoms with Crippen LogP contribution in [0.15, 0.2) is 59.7 Å². The maximum Gasteiger partial charge on any atom is 0.346 e. The molecular weight excluding hydrogens is 354 g/mol. The molecule has 1 atom stereocenters. The number of rotatable bonds is 8. The SMILES string of the molecule is CCCCCOc1ccc(/C=N\N2C(=O)N[C@](C)(c3ccccc3)C2=O)cc1. The number of hydrazone groups is 1. The Bertz CT molecular complexity index is 849. The molecular formula is C22H25N3O3. The molecule has 0 aliphatic carbocycles. The molecule has 0 bridgehead atoms. The van der Waals surface area contributed by atoms with Crippen molar-refractivity contribution < 1.29 is 14.3 Å². The van der Waals surface area contributed by atoms with Crippen molar-refractivity contribution in [3.8, 4) is 5.75 Å². The van der Waals surface area contributed by atoms with Crippen molar-refractivity contribution in [2.24, 2.45) is 5.10 Å². The lowest BCUT2D eigenvalue weighted by Gasteiger charge is -2.20. The molecule has 3 rings (SSSR count). The number of amides is 3. The summed E-state index contributed by atoms with van der Waals surface area (Å²) in [5, 5.41) is 7.70. The molecule has 28 heavy (non-hydrogen) atoms. The Morgan fingerprint density at radius 3 is 2.46 bits per heavy atom. The van der Waals surface area contributed by atoms with Gasteiger partial charge in [0.2, 0.25) is 0 Å². The van der Waals surface area contributed by atoms with E-state index in [0.29, 0.717) is 6.61 Å². The Kier molecular flexibility index (Phi) is 6.09. The molecule has 2 aromatic carbocycles. The number of hydrogen-bond donors (Lipinski definition) is 1. The lowest BCUT2D eigenvalue weighted by Crippen LogP contribution is -2.40. The maximum absolute atomic E-state index is 12.8. The number of imide groups is 1. The Hall–Kier alpha value is -3.15. The molecule has 1 aliphatic heterocycles. The lowest BCUT2D eigenvalue weighted by atomic mass is 9.92. The Morgan fingerprint density at radius 2 is 1.79 bits per heavy atom. The highest BCUT2D eigenvalue weighted by Crippen LogP contribution is 2.28. The number of benzene rings is 2. The van der Waals surface area contributed by atoms with Crippen LogP contribution in [-0.2, 0) is 10.3 Å². The van der Waals surface area contributed by atoms with Crippen molar-refractivity contribution in [1.82, 2.24) is 10.3 Å². The van der Waals surface area contributed by atoms with E-state index in [1.165, 1.54) is 6.21 Å². The molecule has 0 radical (unpaired) electrons. The fourth-order valence-corrected chi connectivity index (χ4v) is 3.01. The molecule has 6 heteroatoms. The van der Waals surface area contributed by atoms with Gasteiger partial charge in [-0.05, 0) is 48.7 Å². The number of hydrogen-bond acceptors (Lipinski definition) is 4. The van der Waals surface area contributed by atoms with Crippen LogP contribution >= 0.6 is 0 Å². The molecule has 6 nitrogen and oxygen atoms in total. The van der Waals surface area contributed by atoms with Crippen LogP contribution in [0.25, 0.3) is 0 Å². The Labute approximate surface area is 165 Å². The zero-order chi connectivity index (χ0) is 20.0. The highest BCUT2D eigenvalue weighted by Gasteiger charge is 2.49. The van der Waals surface area contributed by atoms with Crippen LogP contribution in [0.3, 0.4) is 0 Å². The molecule has 1 saturated heterocycles. The predicted octanol–water partition coefficient (Wildman–Crippen LogP) is 4.06. The van der Waals surface area contributed by atoms with Crippen LogP contribution in [0.5, 0.6) is 5.75 Å². The van der Waals surface area contributed by atoms with Crippen LogP contribution in [0.2, 0.25) is 0 Å². The van der Waals surface area contributed by atoms with E-state index < -0.39 is 17.5 Å². The van der Waals surface area contributed by atoms with Gasteiger partial charge in [0.1, 0.15) is 11.3 Å². The second kappa shape index (κ2) is 8.69. The third kappa shape index (κ3) is 4.22. The summed E-state index contributed by atoms with van der Waals surface area (Å²) in [4.78, 5) is 25.1. The van der Waals surface area contributed by atoms with Crippen LogP contribution in [0.4, 0.5) is 4.79 Å². The summed E-state index contributed by atoms with van der Waals surface area (Å²) in [5.74, 6) is 0.385. The molecule has 1 aliphatic rings. The molecule has 1 heterocycles. The van der Waals surface area contributed by atoms with E-state index in [1.807, 2.05) is 54.6 Å². The topological polar surface area (TPSA) is 71.0 Å². The van der Waals surface area contributed by atoms with E-state index in [1.54, 1.807) is 6.92 Å². The Balaban J connectivity index is 1.65. The molecule has 0 unspecified atom stereocenters. The number of nitrogens with zero attached hydrogens (tertiary/aromatic N) is 2. The number of nitrogens with one attached hydrogen (secondary N) is 1. The minimum atomic E-state index is -1.12. The highest BCUT2D eigenvalue weighted by molar-refractivity contribution is 6.07. The minimum absolute atomic E-state index is 0.407. The molecule has 3 amide bonds. The highest BCUT2D eigenvalue weighted by atomic mass is 16.5. The van der Waals surface area contributed by atoms with Gasteiger partial charge in [0, 0.05) is 0 Å². The van der Waals surface area contributed by atoms with Gasteiger partial charge in [0.25, 0.3) is 5.91 Å². The van der Waals surface area contributed by atoms with Crippen LogP contribution < -0.4 is 10.1 Å². The molecule has 0 aromatic heterocycles. The van der Waals surface area contributed by atoms with Gasteiger partial charge in [0.05, 0.1) is 12.8 Å². The van der Waals surface area contributed by atoms with Crippen molar-refractivity contribution in [2.45, 2.75) is 38.6 Å². The van der Waals surface area contributed by atoms with Gasteiger partial charge in [-0.15, -0.1) is 5.01 Å². The van der Waals surface area contributed by atoms with Gasteiger partial charge in [-0.1, -0.05) is 50.1 Å². The zero-order valence-corrected chi connectivity index (χ0v) is 16.2. The molecule has 1 fully saturated rings. The average molecular weight is 379 g/mol. The van der Waals surface area contributed by atoms with E-state index in [0.717, 1.165) is 41.1 Å². The number of carbonyl (C=O) groups excluding carboxylic acids is 2. The standard InChI is InChI=1S/C22H25N3O3/c1-3-4-8-15-28-19-13-11-17(12-14-19)16-23-25-20(26)22(2,24-21(25)27)18-9-6-5-7-10-18/h5-7,9-14,16H,3-4,8,15H2,1-2H3,(H,24,27)/b23-16-/t22-/m1/s1. The summed E-state index contributed by atoms with van der Waals surface area (Å²) in [6.07, 6.45) is 4.84. The van der Waals surface area contributed by atoms with Crippen molar-refractivity contribution in [3.05, 3.63) is 65.7 Å². The Morgan fingerprint density at radius 1 is 1.07 bits per heavy atom. The fraction of sp³-hybridized carbons (Fsp3) is 0.318. The predicted molar refractivity (Wildman–Crippen MR) is 108 cm³/mol. The third-order valence-electron chi connectivity index (χ3n) is 4.74. The summed E-state index contributed by atoms with van der Waals surface area (Å²) < 4.78 is 5.68. The van der Waals surface area contributed by atoms with Crippen LogP contribution in [0.1, 0.15) is 44.2 Å². The smallest absolute Gasteiger partial charge is 0.346 e.